The van der Waals surface area contributed by atoms with Gasteiger partial charge in [-0.3, -0.25) is 4.79 Å². The number of hydrogen-bond donors (Lipinski definition) is 2. The highest BCUT2D eigenvalue weighted by molar-refractivity contribution is 7.99. The van der Waals surface area contributed by atoms with Crippen LogP contribution in [0.3, 0.4) is 0 Å². The fourth-order valence-electron chi connectivity index (χ4n) is 1.20. The normalized spacial score (nSPS) is 20.9. The zero-order valence-electron chi connectivity index (χ0n) is 8.18. The maximum atomic E-state index is 11.6. The van der Waals surface area contributed by atoms with E-state index in [-0.39, 0.29) is 18.3 Å². The monoisotopic (exact) mass is 240 g/mol. The average Bonchev–Trinajstić information content (AvgIpc) is 2.17. The number of carbonyl (C=O) groups excluding carboxylic acids is 1. The second-order valence-electron chi connectivity index (χ2n) is 3.20. The molecule has 3 N–H and O–H groups in total. The van der Waals surface area contributed by atoms with E-state index in [1.807, 2.05) is 11.8 Å². The number of aliphatic hydroxyl groups is 1. The van der Waals surface area contributed by atoms with Crippen molar-refractivity contribution in [1.82, 2.24) is 4.90 Å². The lowest BCUT2D eigenvalue weighted by atomic mass is 10.1. The van der Waals surface area contributed by atoms with Crippen molar-refractivity contribution in [3.05, 3.63) is 0 Å². The predicted octanol–water partition coefficient (Wildman–Crippen LogP) is -0.308. The third kappa shape index (κ3) is 3.65. The lowest BCUT2D eigenvalue weighted by Crippen LogP contribution is -2.51. The van der Waals surface area contributed by atoms with Crippen LogP contribution in [0.5, 0.6) is 0 Å². The molecule has 1 rings (SSSR count). The third-order valence-electron chi connectivity index (χ3n) is 2.13. The number of thioether (sulfide) groups is 1. The quantitative estimate of drug-likeness (QED) is 0.695. The highest BCUT2D eigenvalue weighted by Crippen LogP contribution is 2.10. The number of aliphatic hydroxyl groups excluding tert-OH is 1. The van der Waals surface area contributed by atoms with Crippen LogP contribution in [0.15, 0.2) is 0 Å². The van der Waals surface area contributed by atoms with Crippen molar-refractivity contribution in [1.29, 1.82) is 0 Å². The maximum Gasteiger partial charge on any atom is 0.242 e. The van der Waals surface area contributed by atoms with Crippen LogP contribution in [0.1, 0.15) is 6.92 Å². The average molecular weight is 241 g/mol. The van der Waals surface area contributed by atoms with Crippen LogP contribution in [-0.2, 0) is 4.79 Å². The van der Waals surface area contributed by atoms with Crippen molar-refractivity contribution < 1.29 is 9.90 Å². The van der Waals surface area contributed by atoms with E-state index in [0.717, 1.165) is 24.6 Å². The molecule has 0 aromatic rings. The SMILES string of the molecule is C[C@@H](O)[C@H](N)C(=O)N1CCSCC1.Cl. The number of rotatable bonds is 2. The van der Waals surface area contributed by atoms with Gasteiger partial charge in [0.05, 0.1) is 6.10 Å². The molecule has 0 aromatic carbocycles. The molecule has 1 aliphatic heterocycles. The van der Waals surface area contributed by atoms with Crippen molar-refractivity contribution in [3.8, 4) is 0 Å². The molecule has 0 radical (unpaired) electrons. The first-order valence-electron chi connectivity index (χ1n) is 4.43. The van der Waals surface area contributed by atoms with E-state index in [1.54, 1.807) is 11.8 Å². The van der Waals surface area contributed by atoms with E-state index in [4.69, 9.17) is 10.8 Å². The largest absolute Gasteiger partial charge is 0.391 e. The first-order valence-corrected chi connectivity index (χ1v) is 5.58. The molecule has 0 saturated carbocycles. The van der Waals surface area contributed by atoms with E-state index in [1.165, 1.54) is 0 Å². The molecule has 0 aliphatic carbocycles. The van der Waals surface area contributed by atoms with Crippen molar-refractivity contribution >= 4 is 30.1 Å². The molecular formula is C8H17ClN2O2S. The van der Waals surface area contributed by atoms with E-state index in [9.17, 15) is 4.79 Å². The van der Waals surface area contributed by atoms with Crippen LogP contribution >= 0.6 is 24.2 Å². The summed E-state index contributed by atoms with van der Waals surface area (Å²) in [4.78, 5) is 13.3. The Morgan fingerprint density at radius 2 is 2.00 bits per heavy atom. The minimum absolute atomic E-state index is 0. The van der Waals surface area contributed by atoms with Gasteiger partial charge < -0.3 is 15.7 Å². The van der Waals surface area contributed by atoms with Crippen molar-refractivity contribution in [2.75, 3.05) is 24.6 Å². The number of nitrogens with zero attached hydrogens (tertiary/aromatic N) is 1. The molecule has 6 heteroatoms. The summed E-state index contributed by atoms with van der Waals surface area (Å²) >= 11 is 1.84. The molecule has 84 valence electrons. The Morgan fingerprint density at radius 3 is 2.43 bits per heavy atom. The Balaban J connectivity index is 0.00000169. The number of nitrogens with two attached hydrogens (primary N) is 1. The summed E-state index contributed by atoms with van der Waals surface area (Å²) in [5.41, 5.74) is 5.54. The lowest BCUT2D eigenvalue weighted by molar-refractivity contribution is -0.134. The third-order valence-corrected chi connectivity index (χ3v) is 3.07. The molecule has 14 heavy (non-hydrogen) atoms. The summed E-state index contributed by atoms with van der Waals surface area (Å²) in [5, 5.41) is 9.14. The first-order chi connectivity index (χ1) is 6.13. The standard InChI is InChI=1S/C8H16N2O2S.ClH/c1-6(11)7(9)8(12)10-2-4-13-5-3-10;/h6-7,11H,2-5,9H2,1H3;1H/t6-,7+;/m1./s1. The van der Waals surface area contributed by atoms with Gasteiger partial charge in [0, 0.05) is 24.6 Å². The minimum Gasteiger partial charge on any atom is -0.391 e. The zero-order valence-corrected chi connectivity index (χ0v) is 9.81. The Hall–Kier alpha value is 0.0300. The van der Waals surface area contributed by atoms with E-state index in [0.29, 0.717) is 0 Å². The van der Waals surface area contributed by atoms with E-state index < -0.39 is 12.1 Å². The van der Waals surface area contributed by atoms with Crippen molar-refractivity contribution in [2.45, 2.75) is 19.1 Å². The Labute approximate surface area is 94.6 Å². The molecule has 2 atom stereocenters. The Kier molecular flexibility index (Phi) is 6.52. The molecule has 0 bridgehead atoms. The van der Waals surface area contributed by atoms with Gasteiger partial charge in [-0.05, 0) is 6.92 Å². The summed E-state index contributed by atoms with van der Waals surface area (Å²) in [5.74, 6) is 1.81. The van der Waals surface area contributed by atoms with Crippen LogP contribution in [0.4, 0.5) is 0 Å². The van der Waals surface area contributed by atoms with Gasteiger partial charge >= 0.3 is 0 Å². The molecule has 1 heterocycles. The van der Waals surface area contributed by atoms with Gasteiger partial charge in [-0.15, -0.1) is 12.4 Å². The summed E-state index contributed by atoms with van der Waals surface area (Å²) in [6, 6.07) is -0.761. The lowest BCUT2D eigenvalue weighted by Gasteiger charge is -2.29. The molecule has 1 saturated heterocycles. The Bertz CT molecular complexity index is 186. The summed E-state index contributed by atoms with van der Waals surface area (Å²) in [6.07, 6.45) is -0.762. The van der Waals surface area contributed by atoms with Gasteiger partial charge in [-0.25, -0.2) is 0 Å². The fraction of sp³-hybridized carbons (Fsp3) is 0.875. The van der Waals surface area contributed by atoms with Crippen LogP contribution in [-0.4, -0.2) is 52.7 Å². The molecule has 0 spiro atoms. The molecule has 0 aromatic heterocycles. The van der Waals surface area contributed by atoms with E-state index >= 15 is 0 Å². The van der Waals surface area contributed by atoms with Crippen molar-refractivity contribution in [3.63, 3.8) is 0 Å². The highest BCUT2D eigenvalue weighted by Gasteiger charge is 2.25. The van der Waals surface area contributed by atoms with E-state index in [2.05, 4.69) is 0 Å². The molecule has 1 amide bonds. The zero-order chi connectivity index (χ0) is 9.84. The molecule has 1 fully saturated rings. The smallest absolute Gasteiger partial charge is 0.242 e. The first kappa shape index (κ1) is 14.0. The van der Waals surface area contributed by atoms with Gasteiger partial charge in [0.1, 0.15) is 6.04 Å². The molecule has 1 aliphatic rings. The number of carbonyl (C=O) groups is 1. The number of hydrogen-bond acceptors (Lipinski definition) is 4. The van der Waals surface area contributed by atoms with Gasteiger partial charge in [-0.2, -0.15) is 11.8 Å². The van der Waals surface area contributed by atoms with Gasteiger partial charge in [-0.1, -0.05) is 0 Å². The predicted molar refractivity (Wildman–Crippen MR) is 60.8 cm³/mol. The summed E-state index contributed by atoms with van der Waals surface area (Å²) in [7, 11) is 0. The van der Waals surface area contributed by atoms with Crippen LogP contribution in [0, 0.1) is 0 Å². The number of amides is 1. The van der Waals surface area contributed by atoms with Gasteiger partial charge in [0.25, 0.3) is 0 Å². The number of halogens is 1. The van der Waals surface area contributed by atoms with Crippen molar-refractivity contribution in [2.24, 2.45) is 5.73 Å². The van der Waals surface area contributed by atoms with Crippen LogP contribution < -0.4 is 5.73 Å². The second kappa shape index (κ2) is 6.50. The molecule has 4 nitrogen and oxygen atoms in total. The Morgan fingerprint density at radius 1 is 1.50 bits per heavy atom. The maximum absolute atomic E-state index is 11.6. The second-order valence-corrected chi connectivity index (χ2v) is 4.43. The summed E-state index contributed by atoms with van der Waals surface area (Å²) < 4.78 is 0. The summed E-state index contributed by atoms with van der Waals surface area (Å²) in [6.45, 7) is 3.05. The van der Waals surface area contributed by atoms with Crippen LogP contribution in [0.2, 0.25) is 0 Å². The molecule has 0 unspecified atom stereocenters. The highest BCUT2D eigenvalue weighted by atomic mass is 35.5. The minimum atomic E-state index is -0.762. The van der Waals surface area contributed by atoms with Gasteiger partial charge in [0.2, 0.25) is 5.91 Å². The fourth-order valence-corrected chi connectivity index (χ4v) is 2.10. The van der Waals surface area contributed by atoms with Crippen LogP contribution in [0.25, 0.3) is 0 Å². The topological polar surface area (TPSA) is 66.6 Å². The van der Waals surface area contributed by atoms with Gasteiger partial charge in [0.15, 0.2) is 0 Å². The molecular weight excluding hydrogens is 224 g/mol.